The fourth-order valence-electron chi connectivity index (χ4n) is 1.77. The third kappa shape index (κ3) is 8.13. The van der Waals surface area contributed by atoms with Gasteiger partial charge in [0.15, 0.2) is 0 Å². The number of benzene rings is 1. The molecule has 1 heterocycles. The molecule has 0 saturated carbocycles. The minimum absolute atomic E-state index is 0.446. The first kappa shape index (κ1) is 15.0. The number of para-hydroxylation sites is 1. The van der Waals surface area contributed by atoms with Gasteiger partial charge in [0.1, 0.15) is 5.75 Å². The van der Waals surface area contributed by atoms with Crippen molar-refractivity contribution in [3.63, 3.8) is 0 Å². The van der Waals surface area contributed by atoms with Crippen molar-refractivity contribution in [2.75, 3.05) is 13.2 Å². The highest BCUT2D eigenvalue weighted by molar-refractivity contribution is 5.31. The van der Waals surface area contributed by atoms with Crippen LogP contribution in [0.25, 0.3) is 0 Å². The van der Waals surface area contributed by atoms with Crippen LogP contribution in [0.4, 0.5) is 0 Å². The number of ether oxygens (including phenoxy) is 1. The summed E-state index contributed by atoms with van der Waals surface area (Å²) in [6.07, 6.45) is 6.09. The normalized spacial score (nSPS) is 13.1. The highest BCUT2D eigenvalue weighted by Gasteiger charge is 1.99. The van der Waals surface area contributed by atoms with Gasteiger partial charge in [-0.05, 0) is 30.4 Å². The summed E-state index contributed by atoms with van der Waals surface area (Å²) in [5, 5.41) is 9.56. The number of unbranched alkanes of at least 4 members (excludes halogenated alkanes) is 2. The largest absolute Gasteiger partial charge is 0.508 e. The summed E-state index contributed by atoms with van der Waals surface area (Å²) in [5.41, 5.74) is 1.09. The second-order valence-corrected chi connectivity index (χ2v) is 5.23. The Morgan fingerprint density at radius 2 is 1.78 bits per heavy atom. The minimum atomic E-state index is 0.446. The lowest BCUT2D eigenvalue weighted by atomic mass is 10.0. The first-order chi connectivity index (χ1) is 8.70. The Balaban J connectivity index is 0.000000468. The van der Waals surface area contributed by atoms with Crippen LogP contribution in [0.15, 0.2) is 24.3 Å². The Kier molecular flexibility index (Phi) is 7.51. The Bertz CT molecular complexity index is 316. The van der Waals surface area contributed by atoms with Crippen molar-refractivity contribution in [1.82, 2.24) is 0 Å². The third-order valence-electron chi connectivity index (χ3n) is 2.92. The molecular formula is C16H26O2. The first-order valence-corrected chi connectivity index (χ1v) is 7.04. The summed E-state index contributed by atoms with van der Waals surface area (Å²) >= 11 is 0. The van der Waals surface area contributed by atoms with Gasteiger partial charge in [-0.3, -0.25) is 0 Å². The van der Waals surface area contributed by atoms with Crippen LogP contribution in [0.1, 0.15) is 45.1 Å². The van der Waals surface area contributed by atoms with E-state index in [1.54, 1.807) is 6.07 Å². The van der Waals surface area contributed by atoms with Crippen molar-refractivity contribution in [2.24, 2.45) is 5.92 Å². The Morgan fingerprint density at radius 3 is 2.33 bits per heavy atom. The van der Waals surface area contributed by atoms with E-state index in [0.717, 1.165) is 31.1 Å². The van der Waals surface area contributed by atoms with Crippen molar-refractivity contribution in [3.8, 4) is 5.75 Å². The minimum Gasteiger partial charge on any atom is -0.508 e. The molecule has 1 N–H and O–H groups in total. The van der Waals surface area contributed by atoms with Crippen LogP contribution >= 0.6 is 0 Å². The molecule has 1 saturated heterocycles. The number of hydrogen-bond donors (Lipinski definition) is 1. The molecule has 0 spiro atoms. The van der Waals surface area contributed by atoms with Crippen molar-refractivity contribution < 1.29 is 9.84 Å². The molecular weight excluding hydrogens is 224 g/mol. The summed E-state index contributed by atoms with van der Waals surface area (Å²) in [4.78, 5) is 0. The second-order valence-electron chi connectivity index (χ2n) is 5.23. The molecule has 0 bridgehead atoms. The second kappa shape index (κ2) is 8.98. The number of phenolic OH excluding ortho intramolecular Hbond substituents is 1. The SMILES string of the molecule is C1CO1.CC(C)CCCCCc1ccccc1O. The van der Waals surface area contributed by atoms with Crippen LogP contribution in [-0.2, 0) is 11.2 Å². The van der Waals surface area contributed by atoms with Gasteiger partial charge < -0.3 is 9.84 Å². The van der Waals surface area contributed by atoms with Gasteiger partial charge in [-0.15, -0.1) is 0 Å². The lowest BCUT2D eigenvalue weighted by molar-refractivity contribution is 0.465. The van der Waals surface area contributed by atoms with E-state index in [-0.39, 0.29) is 0 Å². The van der Waals surface area contributed by atoms with Crippen molar-refractivity contribution >= 4 is 0 Å². The van der Waals surface area contributed by atoms with Crippen LogP contribution in [-0.4, -0.2) is 18.3 Å². The number of aryl methyl sites for hydroxylation is 1. The van der Waals surface area contributed by atoms with Crippen molar-refractivity contribution in [1.29, 1.82) is 0 Å². The molecule has 1 aromatic carbocycles. The number of hydrogen-bond acceptors (Lipinski definition) is 2. The van der Waals surface area contributed by atoms with Crippen LogP contribution in [0, 0.1) is 5.92 Å². The van der Waals surface area contributed by atoms with Gasteiger partial charge in [0, 0.05) is 0 Å². The van der Waals surface area contributed by atoms with E-state index in [0.29, 0.717) is 5.75 Å². The fourth-order valence-corrected chi connectivity index (χ4v) is 1.77. The number of phenols is 1. The van der Waals surface area contributed by atoms with Crippen molar-refractivity contribution in [2.45, 2.75) is 46.0 Å². The van der Waals surface area contributed by atoms with E-state index in [2.05, 4.69) is 18.6 Å². The maximum absolute atomic E-state index is 9.56. The molecule has 0 atom stereocenters. The molecule has 2 rings (SSSR count). The molecule has 1 aromatic rings. The van der Waals surface area contributed by atoms with Crippen LogP contribution < -0.4 is 0 Å². The molecule has 1 aliphatic rings. The van der Waals surface area contributed by atoms with Gasteiger partial charge in [-0.2, -0.15) is 0 Å². The van der Waals surface area contributed by atoms with E-state index in [9.17, 15) is 5.11 Å². The smallest absolute Gasteiger partial charge is 0.118 e. The van der Waals surface area contributed by atoms with E-state index in [1.165, 1.54) is 25.7 Å². The zero-order valence-corrected chi connectivity index (χ0v) is 11.7. The predicted octanol–water partition coefficient (Wildman–Crippen LogP) is 4.17. The topological polar surface area (TPSA) is 32.8 Å². The zero-order chi connectivity index (χ0) is 13.2. The average molecular weight is 250 g/mol. The molecule has 0 unspecified atom stereocenters. The maximum Gasteiger partial charge on any atom is 0.118 e. The Labute approximate surface area is 111 Å². The van der Waals surface area contributed by atoms with E-state index < -0.39 is 0 Å². The number of aromatic hydroxyl groups is 1. The molecule has 0 aromatic heterocycles. The predicted molar refractivity (Wildman–Crippen MR) is 75.9 cm³/mol. The average Bonchev–Trinajstić information content (AvgIpc) is 3.18. The molecule has 102 valence electrons. The van der Waals surface area contributed by atoms with Gasteiger partial charge in [0.05, 0.1) is 13.2 Å². The standard InChI is InChI=1S/C14H22O.C2H4O/c1-12(2)8-4-3-5-9-13-10-6-7-11-14(13)15;1-2-3-1/h6-7,10-12,15H,3-5,8-9H2,1-2H3;1-2H2. The summed E-state index contributed by atoms with van der Waals surface area (Å²) in [6.45, 7) is 6.53. The summed E-state index contributed by atoms with van der Waals surface area (Å²) in [5.74, 6) is 1.26. The van der Waals surface area contributed by atoms with Crippen LogP contribution in [0.3, 0.4) is 0 Å². The summed E-state index contributed by atoms with van der Waals surface area (Å²) in [6, 6.07) is 7.64. The Morgan fingerprint density at radius 1 is 1.11 bits per heavy atom. The lowest BCUT2D eigenvalue weighted by Gasteiger charge is -2.05. The van der Waals surface area contributed by atoms with Gasteiger partial charge >= 0.3 is 0 Å². The number of epoxide rings is 1. The first-order valence-electron chi connectivity index (χ1n) is 7.04. The van der Waals surface area contributed by atoms with Crippen LogP contribution in [0.2, 0.25) is 0 Å². The Hall–Kier alpha value is -1.02. The zero-order valence-electron chi connectivity index (χ0n) is 11.7. The molecule has 1 fully saturated rings. The lowest BCUT2D eigenvalue weighted by Crippen LogP contribution is -1.89. The highest BCUT2D eigenvalue weighted by atomic mass is 16.6. The molecule has 18 heavy (non-hydrogen) atoms. The van der Waals surface area contributed by atoms with E-state index in [1.807, 2.05) is 18.2 Å². The molecule has 0 radical (unpaired) electrons. The van der Waals surface area contributed by atoms with E-state index >= 15 is 0 Å². The molecule has 0 aliphatic carbocycles. The van der Waals surface area contributed by atoms with E-state index in [4.69, 9.17) is 0 Å². The molecule has 0 amide bonds. The summed E-state index contributed by atoms with van der Waals surface area (Å²) < 4.78 is 4.50. The van der Waals surface area contributed by atoms with Crippen molar-refractivity contribution in [3.05, 3.63) is 29.8 Å². The third-order valence-corrected chi connectivity index (χ3v) is 2.92. The molecule has 2 nitrogen and oxygen atoms in total. The fraction of sp³-hybridized carbons (Fsp3) is 0.625. The molecule has 2 heteroatoms. The molecule has 1 aliphatic heterocycles. The van der Waals surface area contributed by atoms with Gasteiger partial charge in [-0.1, -0.05) is 51.3 Å². The maximum atomic E-state index is 9.56. The van der Waals surface area contributed by atoms with Gasteiger partial charge in [-0.25, -0.2) is 0 Å². The van der Waals surface area contributed by atoms with Gasteiger partial charge in [0.2, 0.25) is 0 Å². The van der Waals surface area contributed by atoms with Gasteiger partial charge in [0.25, 0.3) is 0 Å². The highest BCUT2D eigenvalue weighted by Crippen LogP contribution is 2.18. The quantitative estimate of drug-likeness (QED) is 0.607. The number of rotatable bonds is 6. The monoisotopic (exact) mass is 250 g/mol. The summed E-state index contributed by atoms with van der Waals surface area (Å²) in [7, 11) is 0. The van der Waals surface area contributed by atoms with Crippen LogP contribution in [0.5, 0.6) is 5.75 Å².